The van der Waals surface area contributed by atoms with Gasteiger partial charge in [-0.3, -0.25) is 0 Å². The molecule has 3 unspecified atom stereocenters. The van der Waals surface area contributed by atoms with Gasteiger partial charge in [-0.05, 0) is 30.6 Å². The van der Waals surface area contributed by atoms with Crippen LogP contribution in [0, 0.1) is 17.8 Å². The molecule has 0 aromatic rings. The molecule has 4 atom stereocenters. The highest BCUT2D eigenvalue weighted by Crippen LogP contribution is 2.42. The lowest BCUT2D eigenvalue weighted by Gasteiger charge is -2.09. The maximum absolute atomic E-state index is 5.87. The molecule has 0 aliphatic heterocycles. The zero-order valence-electron chi connectivity index (χ0n) is 8.29. The zero-order chi connectivity index (χ0) is 9.14. The fourth-order valence-corrected chi connectivity index (χ4v) is 2.00. The summed E-state index contributed by atoms with van der Waals surface area (Å²) >= 11 is 0. The van der Waals surface area contributed by atoms with E-state index in [1.54, 1.807) is 0 Å². The Bertz CT molecular complexity index is 145. The Kier molecular flexibility index (Phi) is 3.33. The first-order valence-corrected chi connectivity index (χ1v) is 5.08. The van der Waals surface area contributed by atoms with Gasteiger partial charge < -0.3 is 5.73 Å². The first-order chi connectivity index (χ1) is 5.70. The van der Waals surface area contributed by atoms with E-state index in [4.69, 9.17) is 5.73 Å². The summed E-state index contributed by atoms with van der Waals surface area (Å²) in [5.74, 6) is 2.24. The van der Waals surface area contributed by atoms with E-state index in [0.29, 0.717) is 12.0 Å². The summed E-state index contributed by atoms with van der Waals surface area (Å²) in [7, 11) is 0. The van der Waals surface area contributed by atoms with Crippen molar-refractivity contribution in [3.8, 4) is 0 Å². The maximum atomic E-state index is 5.87. The van der Waals surface area contributed by atoms with Crippen LogP contribution in [0.5, 0.6) is 0 Å². The third-order valence-corrected chi connectivity index (χ3v) is 3.20. The molecule has 0 amide bonds. The molecule has 0 heterocycles. The second-order valence-corrected chi connectivity index (χ2v) is 4.12. The van der Waals surface area contributed by atoms with Crippen molar-refractivity contribution < 1.29 is 0 Å². The van der Waals surface area contributed by atoms with Gasteiger partial charge in [-0.25, -0.2) is 0 Å². The van der Waals surface area contributed by atoms with E-state index in [1.807, 2.05) is 0 Å². The highest BCUT2D eigenvalue weighted by Gasteiger charge is 2.43. The lowest BCUT2D eigenvalue weighted by atomic mass is 9.96. The molecule has 0 aromatic carbocycles. The summed E-state index contributed by atoms with van der Waals surface area (Å²) in [5.41, 5.74) is 5.87. The van der Waals surface area contributed by atoms with E-state index in [9.17, 15) is 0 Å². The summed E-state index contributed by atoms with van der Waals surface area (Å²) in [6, 6.07) is 0.476. The van der Waals surface area contributed by atoms with E-state index in [1.165, 1.54) is 19.3 Å². The average molecular weight is 167 g/mol. The van der Waals surface area contributed by atoms with E-state index in [0.717, 1.165) is 11.8 Å². The van der Waals surface area contributed by atoms with Crippen LogP contribution in [0.4, 0.5) is 0 Å². The molecule has 0 bridgehead atoms. The molecular formula is C11H21N. The number of hydrogen-bond acceptors (Lipinski definition) is 1. The summed E-state index contributed by atoms with van der Waals surface area (Å²) in [6.45, 7) is 8.35. The van der Waals surface area contributed by atoms with Crippen molar-refractivity contribution in [2.45, 2.75) is 39.2 Å². The van der Waals surface area contributed by atoms with E-state index < -0.39 is 0 Å². The SMILES string of the molecule is C=CC(CCC)CC1C(C)[C@@H]1N. The van der Waals surface area contributed by atoms with Gasteiger partial charge in [0.25, 0.3) is 0 Å². The minimum absolute atomic E-state index is 0.476. The third kappa shape index (κ3) is 2.10. The van der Waals surface area contributed by atoms with Crippen LogP contribution in [-0.4, -0.2) is 6.04 Å². The smallest absolute Gasteiger partial charge is 0.00995 e. The summed E-state index contributed by atoms with van der Waals surface area (Å²) < 4.78 is 0. The van der Waals surface area contributed by atoms with Crippen molar-refractivity contribution in [1.29, 1.82) is 0 Å². The molecule has 1 aliphatic carbocycles. The first-order valence-electron chi connectivity index (χ1n) is 5.08. The van der Waals surface area contributed by atoms with Gasteiger partial charge in [0.1, 0.15) is 0 Å². The maximum Gasteiger partial charge on any atom is 0.00995 e. The van der Waals surface area contributed by atoms with Crippen LogP contribution in [0.1, 0.15) is 33.1 Å². The molecular weight excluding hydrogens is 146 g/mol. The van der Waals surface area contributed by atoms with Crippen LogP contribution < -0.4 is 5.73 Å². The van der Waals surface area contributed by atoms with Crippen molar-refractivity contribution in [2.75, 3.05) is 0 Å². The number of hydrogen-bond donors (Lipinski definition) is 1. The second-order valence-electron chi connectivity index (χ2n) is 4.12. The molecule has 70 valence electrons. The van der Waals surface area contributed by atoms with Gasteiger partial charge in [0.15, 0.2) is 0 Å². The number of allylic oxidation sites excluding steroid dienone is 1. The fourth-order valence-electron chi connectivity index (χ4n) is 2.00. The largest absolute Gasteiger partial charge is 0.327 e. The van der Waals surface area contributed by atoms with Crippen molar-refractivity contribution in [3.63, 3.8) is 0 Å². The normalized spacial score (nSPS) is 36.1. The van der Waals surface area contributed by atoms with Crippen molar-refractivity contribution in [2.24, 2.45) is 23.5 Å². The highest BCUT2D eigenvalue weighted by atomic mass is 14.8. The lowest BCUT2D eigenvalue weighted by molar-refractivity contribution is 0.486. The predicted octanol–water partition coefficient (Wildman–Crippen LogP) is 2.57. The van der Waals surface area contributed by atoms with Crippen molar-refractivity contribution in [1.82, 2.24) is 0 Å². The topological polar surface area (TPSA) is 26.0 Å². The Hall–Kier alpha value is -0.300. The van der Waals surface area contributed by atoms with E-state index >= 15 is 0 Å². The Labute approximate surface area is 76.0 Å². The van der Waals surface area contributed by atoms with Crippen LogP contribution in [0.2, 0.25) is 0 Å². The summed E-state index contributed by atoms with van der Waals surface area (Å²) in [5, 5.41) is 0. The number of rotatable bonds is 5. The minimum atomic E-state index is 0.476. The Morgan fingerprint density at radius 3 is 2.50 bits per heavy atom. The molecule has 2 N–H and O–H groups in total. The van der Waals surface area contributed by atoms with Gasteiger partial charge in [-0.15, -0.1) is 6.58 Å². The molecule has 1 nitrogen and oxygen atoms in total. The van der Waals surface area contributed by atoms with Crippen molar-refractivity contribution >= 4 is 0 Å². The highest BCUT2D eigenvalue weighted by molar-refractivity contribution is 5.00. The fraction of sp³-hybridized carbons (Fsp3) is 0.818. The Balaban J connectivity index is 2.24. The first kappa shape index (κ1) is 9.79. The molecule has 1 aliphatic rings. The van der Waals surface area contributed by atoms with Crippen LogP contribution in [0.25, 0.3) is 0 Å². The molecule has 1 fully saturated rings. The quantitative estimate of drug-likeness (QED) is 0.626. The van der Waals surface area contributed by atoms with Gasteiger partial charge in [0, 0.05) is 6.04 Å². The lowest BCUT2D eigenvalue weighted by Crippen LogP contribution is -2.05. The van der Waals surface area contributed by atoms with Crippen LogP contribution in [0.3, 0.4) is 0 Å². The third-order valence-electron chi connectivity index (χ3n) is 3.20. The van der Waals surface area contributed by atoms with Crippen molar-refractivity contribution in [3.05, 3.63) is 12.7 Å². The monoisotopic (exact) mass is 167 g/mol. The molecule has 0 radical (unpaired) electrons. The Morgan fingerprint density at radius 1 is 1.58 bits per heavy atom. The standard InChI is InChI=1S/C11H21N/c1-4-6-9(5-2)7-10-8(3)11(10)12/h5,8-11H,2,4,6-7,12H2,1,3H3/t8?,9?,10?,11-/m0/s1. The average Bonchev–Trinajstić information content (AvgIpc) is 2.61. The summed E-state index contributed by atoms with van der Waals surface area (Å²) in [4.78, 5) is 0. The zero-order valence-corrected chi connectivity index (χ0v) is 8.29. The van der Waals surface area contributed by atoms with Gasteiger partial charge >= 0.3 is 0 Å². The van der Waals surface area contributed by atoms with Crippen LogP contribution in [0.15, 0.2) is 12.7 Å². The minimum Gasteiger partial charge on any atom is -0.327 e. The summed E-state index contributed by atoms with van der Waals surface area (Å²) in [6.07, 6.45) is 5.90. The molecule has 0 spiro atoms. The number of nitrogens with two attached hydrogens (primary N) is 1. The van der Waals surface area contributed by atoms with Gasteiger partial charge in [-0.2, -0.15) is 0 Å². The van der Waals surface area contributed by atoms with Crippen LogP contribution in [-0.2, 0) is 0 Å². The van der Waals surface area contributed by atoms with E-state index in [-0.39, 0.29) is 0 Å². The molecule has 0 aromatic heterocycles. The molecule has 0 saturated heterocycles. The van der Waals surface area contributed by atoms with Gasteiger partial charge in [0.2, 0.25) is 0 Å². The van der Waals surface area contributed by atoms with Gasteiger partial charge in [0.05, 0.1) is 0 Å². The predicted molar refractivity (Wildman–Crippen MR) is 53.8 cm³/mol. The molecule has 1 rings (SSSR count). The molecule has 1 saturated carbocycles. The van der Waals surface area contributed by atoms with E-state index in [2.05, 4.69) is 26.5 Å². The molecule has 12 heavy (non-hydrogen) atoms. The second kappa shape index (κ2) is 4.08. The molecule has 1 heteroatoms. The Morgan fingerprint density at radius 2 is 2.17 bits per heavy atom. The van der Waals surface area contributed by atoms with Gasteiger partial charge in [-0.1, -0.05) is 26.3 Å². The van der Waals surface area contributed by atoms with Crippen LogP contribution >= 0.6 is 0 Å².